The van der Waals surface area contributed by atoms with Gasteiger partial charge in [0.15, 0.2) is 0 Å². The summed E-state index contributed by atoms with van der Waals surface area (Å²) < 4.78 is 17.8. The summed E-state index contributed by atoms with van der Waals surface area (Å²) in [6.07, 6.45) is 8.65. The number of nitrogens with zero attached hydrogens (tertiary/aromatic N) is 1. The SMILES string of the molecule is O=C(OCc1ccccc1)N1C2C=C(CCCCF)CC1CCC2. The van der Waals surface area contributed by atoms with Crippen LogP contribution in [0.4, 0.5) is 9.18 Å². The summed E-state index contributed by atoms with van der Waals surface area (Å²) in [5.74, 6) is 0. The van der Waals surface area contributed by atoms with Crippen LogP contribution in [-0.2, 0) is 11.3 Å². The third-order valence-electron chi connectivity index (χ3n) is 5.01. The van der Waals surface area contributed by atoms with E-state index >= 15 is 0 Å². The molecule has 3 nitrogen and oxygen atoms in total. The molecule has 2 unspecified atom stereocenters. The summed E-state index contributed by atoms with van der Waals surface area (Å²) in [4.78, 5) is 14.5. The van der Waals surface area contributed by atoms with Gasteiger partial charge in [-0.15, -0.1) is 0 Å². The van der Waals surface area contributed by atoms with Gasteiger partial charge in [-0.25, -0.2) is 4.79 Å². The van der Waals surface area contributed by atoms with E-state index in [-0.39, 0.29) is 24.9 Å². The van der Waals surface area contributed by atoms with Gasteiger partial charge in [0, 0.05) is 6.04 Å². The molecule has 2 aliphatic heterocycles. The molecule has 2 aliphatic rings. The largest absolute Gasteiger partial charge is 0.445 e. The number of halogens is 1. The van der Waals surface area contributed by atoms with Gasteiger partial charge in [0.1, 0.15) is 6.61 Å². The number of ether oxygens (including phenoxy) is 1. The van der Waals surface area contributed by atoms with Gasteiger partial charge in [-0.2, -0.15) is 0 Å². The number of carbonyl (C=O) groups excluding carboxylic acids is 1. The van der Waals surface area contributed by atoms with Crippen LogP contribution in [0.3, 0.4) is 0 Å². The number of unbranched alkanes of at least 4 members (excludes halogenated alkanes) is 1. The molecule has 0 saturated carbocycles. The average Bonchev–Trinajstić information content (AvgIpc) is 2.60. The third kappa shape index (κ3) is 4.16. The molecule has 0 radical (unpaired) electrons. The molecule has 1 amide bonds. The van der Waals surface area contributed by atoms with Crippen molar-refractivity contribution < 1.29 is 13.9 Å². The Kier molecular flexibility index (Phi) is 5.89. The van der Waals surface area contributed by atoms with Crippen molar-refractivity contribution in [1.82, 2.24) is 4.90 Å². The maximum Gasteiger partial charge on any atom is 0.410 e. The molecule has 0 aliphatic carbocycles. The van der Waals surface area contributed by atoms with Crippen LogP contribution in [0, 0.1) is 0 Å². The molecule has 0 spiro atoms. The molecule has 1 aromatic carbocycles. The fourth-order valence-electron chi connectivity index (χ4n) is 3.83. The Hall–Kier alpha value is -1.84. The topological polar surface area (TPSA) is 29.5 Å². The third-order valence-corrected chi connectivity index (χ3v) is 5.01. The summed E-state index contributed by atoms with van der Waals surface area (Å²) in [5.41, 5.74) is 2.40. The molecule has 2 heterocycles. The number of hydrogen-bond acceptors (Lipinski definition) is 2. The predicted molar refractivity (Wildman–Crippen MR) is 92.4 cm³/mol. The van der Waals surface area contributed by atoms with Crippen LogP contribution in [0.25, 0.3) is 0 Å². The van der Waals surface area contributed by atoms with E-state index in [4.69, 9.17) is 4.74 Å². The van der Waals surface area contributed by atoms with Gasteiger partial charge in [0.25, 0.3) is 0 Å². The minimum absolute atomic E-state index is 0.154. The van der Waals surface area contributed by atoms with Crippen molar-refractivity contribution in [1.29, 1.82) is 0 Å². The molecule has 0 N–H and O–H groups in total. The Morgan fingerprint density at radius 1 is 1.21 bits per heavy atom. The number of hydrogen-bond donors (Lipinski definition) is 0. The van der Waals surface area contributed by atoms with Crippen LogP contribution < -0.4 is 0 Å². The van der Waals surface area contributed by atoms with Gasteiger partial charge in [-0.3, -0.25) is 9.29 Å². The van der Waals surface area contributed by atoms with Crippen LogP contribution in [0.15, 0.2) is 42.0 Å². The van der Waals surface area contributed by atoms with Crippen molar-refractivity contribution in [2.45, 2.75) is 63.6 Å². The Morgan fingerprint density at radius 3 is 2.79 bits per heavy atom. The van der Waals surface area contributed by atoms with Crippen molar-refractivity contribution in [2.75, 3.05) is 6.67 Å². The van der Waals surface area contributed by atoms with Gasteiger partial charge >= 0.3 is 6.09 Å². The monoisotopic (exact) mass is 331 g/mol. The van der Waals surface area contributed by atoms with Gasteiger partial charge in [0.2, 0.25) is 0 Å². The van der Waals surface area contributed by atoms with Crippen molar-refractivity contribution in [3.63, 3.8) is 0 Å². The number of rotatable bonds is 6. The van der Waals surface area contributed by atoms with Crippen LogP contribution in [0.1, 0.15) is 50.5 Å². The average molecular weight is 331 g/mol. The van der Waals surface area contributed by atoms with Gasteiger partial charge in [0.05, 0.1) is 12.7 Å². The molecule has 24 heavy (non-hydrogen) atoms. The molecule has 2 bridgehead atoms. The summed E-state index contributed by atoms with van der Waals surface area (Å²) in [5, 5.41) is 0. The molecule has 130 valence electrons. The number of alkyl halides is 1. The lowest BCUT2D eigenvalue weighted by Gasteiger charge is -2.44. The predicted octanol–water partition coefficient (Wildman–Crippen LogP) is 5.02. The minimum Gasteiger partial charge on any atom is -0.445 e. The van der Waals surface area contributed by atoms with Gasteiger partial charge < -0.3 is 4.74 Å². The maximum absolute atomic E-state index is 12.6. The van der Waals surface area contributed by atoms with Gasteiger partial charge in [-0.1, -0.05) is 42.0 Å². The van der Waals surface area contributed by atoms with Crippen molar-refractivity contribution in [3.8, 4) is 0 Å². The van der Waals surface area contributed by atoms with Crippen LogP contribution in [0.2, 0.25) is 0 Å². The number of fused-ring (bicyclic) bond motifs is 2. The number of piperidine rings is 1. The highest BCUT2D eigenvalue weighted by atomic mass is 19.1. The zero-order valence-corrected chi connectivity index (χ0v) is 14.1. The van der Waals surface area contributed by atoms with Crippen molar-refractivity contribution >= 4 is 6.09 Å². The fraction of sp³-hybridized carbons (Fsp3) is 0.550. The van der Waals surface area contributed by atoms with E-state index in [1.54, 1.807) is 0 Å². The Labute approximate surface area is 143 Å². The first-order chi connectivity index (χ1) is 11.8. The Morgan fingerprint density at radius 2 is 2.04 bits per heavy atom. The normalized spacial score (nSPS) is 22.9. The van der Waals surface area contributed by atoms with Crippen molar-refractivity contribution in [2.24, 2.45) is 0 Å². The van der Waals surface area contributed by atoms with Crippen LogP contribution in [-0.4, -0.2) is 29.8 Å². The van der Waals surface area contributed by atoms with E-state index in [2.05, 4.69) is 6.08 Å². The summed E-state index contributed by atoms with van der Waals surface area (Å²) in [6, 6.07) is 10.2. The zero-order chi connectivity index (χ0) is 16.8. The first-order valence-corrected chi connectivity index (χ1v) is 9.02. The second-order valence-electron chi connectivity index (χ2n) is 6.77. The van der Waals surface area contributed by atoms with E-state index in [0.29, 0.717) is 13.0 Å². The molecular weight excluding hydrogens is 305 g/mol. The number of carbonyl (C=O) groups is 1. The summed E-state index contributed by atoms with van der Waals surface area (Å²) in [7, 11) is 0. The lowest BCUT2D eigenvalue weighted by Crippen LogP contribution is -2.51. The Balaban J connectivity index is 1.60. The maximum atomic E-state index is 12.6. The second-order valence-corrected chi connectivity index (χ2v) is 6.77. The molecule has 1 fully saturated rings. The van der Waals surface area contributed by atoms with E-state index in [0.717, 1.165) is 44.1 Å². The molecular formula is C20H26FNO2. The molecule has 1 aromatic rings. The summed E-state index contributed by atoms with van der Waals surface area (Å²) in [6.45, 7) is 0.0841. The second kappa shape index (κ2) is 8.32. The van der Waals surface area contributed by atoms with Crippen LogP contribution >= 0.6 is 0 Å². The van der Waals surface area contributed by atoms with Gasteiger partial charge in [-0.05, 0) is 50.5 Å². The molecule has 4 heteroatoms. The highest BCUT2D eigenvalue weighted by Gasteiger charge is 2.37. The van der Waals surface area contributed by atoms with E-state index in [1.165, 1.54) is 5.57 Å². The Bertz CT molecular complexity index is 572. The van der Waals surface area contributed by atoms with E-state index in [1.807, 2.05) is 35.2 Å². The lowest BCUT2D eigenvalue weighted by molar-refractivity contribution is 0.0479. The van der Waals surface area contributed by atoms with Crippen LogP contribution in [0.5, 0.6) is 0 Å². The molecule has 1 saturated heterocycles. The standard InChI is InChI=1S/C20H26FNO2/c21-12-5-4-9-17-13-18-10-6-11-19(14-17)22(18)20(23)24-15-16-7-2-1-3-8-16/h1-3,7-8,13,18-19H,4-6,9-12,14-15H2. The van der Waals surface area contributed by atoms with E-state index < -0.39 is 0 Å². The zero-order valence-electron chi connectivity index (χ0n) is 14.1. The first kappa shape index (κ1) is 17.0. The van der Waals surface area contributed by atoms with E-state index in [9.17, 15) is 9.18 Å². The highest BCUT2D eigenvalue weighted by molar-refractivity contribution is 5.69. The van der Waals surface area contributed by atoms with Crippen molar-refractivity contribution in [3.05, 3.63) is 47.5 Å². The fourth-order valence-corrected chi connectivity index (χ4v) is 3.83. The first-order valence-electron chi connectivity index (χ1n) is 9.02. The quantitative estimate of drug-likeness (QED) is 0.541. The highest BCUT2D eigenvalue weighted by Crippen LogP contribution is 2.35. The lowest BCUT2D eigenvalue weighted by atomic mass is 9.84. The summed E-state index contributed by atoms with van der Waals surface area (Å²) >= 11 is 0. The number of benzene rings is 1. The smallest absolute Gasteiger partial charge is 0.410 e. The minimum atomic E-state index is -0.238. The molecule has 3 rings (SSSR count). The number of amides is 1. The molecule has 0 aromatic heterocycles. The molecule has 2 atom stereocenters.